The second-order valence-corrected chi connectivity index (χ2v) is 29.6. The van der Waals surface area contributed by atoms with Crippen molar-refractivity contribution >= 4 is 43.6 Å². The summed E-state index contributed by atoms with van der Waals surface area (Å²) in [6, 6.07) is 89.3. The van der Waals surface area contributed by atoms with Gasteiger partial charge in [0.2, 0.25) is 0 Å². The van der Waals surface area contributed by atoms with Gasteiger partial charge < -0.3 is 9.13 Å². The molecular weight excluding hydrogens is 1330 g/mol. The van der Waals surface area contributed by atoms with Crippen molar-refractivity contribution in [2.75, 3.05) is 0 Å². The molecule has 0 fully saturated rings. The van der Waals surface area contributed by atoms with E-state index in [4.69, 9.17) is 29.9 Å². The van der Waals surface area contributed by atoms with E-state index in [-0.39, 0.29) is 16.2 Å². The number of hydrogen-bond acceptors (Lipinski definition) is 6. The quantitative estimate of drug-likeness (QED) is 0.0951. The molecule has 0 radical (unpaired) electrons. The van der Waals surface area contributed by atoms with Gasteiger partial charge in [0, 0.05) is 66.3 Å². The molecule has 4 heterocycles. The van der Waals surface area contributed by atoms with E-state index >= 15 is 0 Å². The van der Waals surface area contributed by atoms with Crippen LogP contribution in [0.1, 0.15) is 89.1 Å². The zero-order valence-corrected chi connectivity index (χ0v) is 59.4. The summed E-state index contributed by atoms with van der Waals surface area (Å²) in [7, 11) is 0. The minimum Gasteiger partial charge on any atom is -0.309 e. The Morgan fingerprint density at radius 2 is 0.585 bits per heavy atom. The summed E-state index contributed by atoms with van der Waals surface area (Å²) < 4.78 is 93.0. The molecule has 14 heteroatoms. The average molecular weight is 1400 g/mol. The van der Waals surface area contributed by atoms with Gasteiger partial charge in [-0.3, -0.25) is 0 Å². The van der Waals surface area contributed by atoms with E-state index in [1.54, 1.807) is 12.1 Å². The highest BCUT2D eigenvalue weighted by molar-refractivity contribution is 6.11. The molecular formula is C92H72F6N8. The SMILES string of the molecule is CC(C)(C)c1ccc2c3ccc(C(C)(C)CCC(C)(C)c4ccc5c(c4)c4ccccc4n5-c4ccc(-c5nc(-c6ccccc6)nc(-c6ccccc6)n5)c(-c5cccc(C(F)(F)F)c5)c4)cc3n(-c3ccc(-c4nc(-c5ccccc5)nc(-c5ccccc5)n4)c(-c4cccc(C(F)(F)F)c4)c3)c2c1. The summed E-state index contributed by atoms with van der Waals surface area (Å²) in [5, 5.41) is 4.12. The number of benzene rings is 12. The van der Waals surface area contributed by atoms with Crippen LogP contribution in [0.3, 0.4) is 0 Å². The van der Waals surface area contributed by atoms with Gasteiger partial charge in [-0.15, -0.1) is 0 Å². The minimum absolute atomic E-state index is 0.217. The van der Waals surface area contributed by atoms with Crippen molar-refractivity contribution in [3.8, 4) is 102 Å². The number of halogens is 6. The number of alkyl halides is 6. The molecule has 0 aliphatic heterocycles. The standard InChI is InChI=1S/C92H72F6N8/c1-88(2,3)63-38-43-71-72-44-39-65(54-81(72)106(80(71)53-63)69-42-46-74(76(56-69)62-33-23-35-67(51-62)92(96,97)98)87-103-84(59-28-16-10-17-29-59)100-85(104-87)60-30-18-11-19-31-60)90(6,7)49-48-89(4,5)64-40-47-79-77(52-64)70-36-20-21-37-78(70)105(79)68-41-45-73(75(55-68)61-32-22-34-66(50-61)91(93,94)95)86-101-82(57-24-12-8-13-25-57)99-83(102-86)58-26-14-9-15-27-58/h8-47,50-56H,48-49H2,1-7H3. The molecule has 16 rings (SSSR count). The molecule has 0 N–H and O–H groups in total. The molecule has 0 unspecified atom stereocenters. The number of hydrogen-bond donors (Lipinski definition) is 0. The number of aromatic nitrogens is 8. The van der Waals surface area contributed by atoms with Gasteiger partial charge in [-0.25, -0.2) is 29.9 Å². The first kappa shape index (κ1) is 68.3. The molecule has 0 amide bonds. The van der Waals surface area contributed by atoms with Gasteiger partial charge in [-0.2, -0.15) is 26.3 Å². The van der Waals surface area contributed by atoms with Crippen molar-refractivity contribution in [1.82, 2.24) is 39.0 Å². The van der Waals surface area contributed by atoms with Crippen molar-refractivity contribution in [3.63, 3.8) is 0 Å². The molecule has 522 valence electrons. The number of nitrogens with zero attached hydrogens (tertiary/aromatic N) is 8. The lowest BCUT2D eigenvalue weighted by Gasteiger charge is -2.32. The Morgan fingerprint density at radius 3 is 1.01 bits per heavy atom. The van der Waals surface area contributed by atoms with Crippen molar-refractivity contribution < 1.29 is 26.3 Å². The van der Waals surface area contributed by atoms with Gasteiger partial charge in [0.25, 0.3) is 0 Å². The highest BCUT2D eigenvalue weighted by atomic mass is 19.4. The maximum absolute atomic E-state index is 14.8. The van der Waals surface area contributed by atoms with Crippen LogP contribution in [0.2, 0.25) is 0 Å². The summed E-state index contributed by atoms with van der Waals surface area (Å²) >= 11 is 0. The Bertz CT molecular complexity index is 5920. The molecule has 12 aromatic carbocycles. The zero-order chi connectivity index (χ0) is 73.4. The molecule has 8 nitrogen and oxygen atoms in total. The van der Waals surface area contributed by atoms with Crippen molar-refractivity contribution in [3.05, 3.63) is 313 Å². The van der Waals surface area contributed by atoms with Crippen LogP contribution >= 0.6 is 0 Å². The van der Waals surface area contributed by atoms with Crippen LogP contribution in [0.4, 0.5) is 26.3 Å². The van der Waals surface area contributed by atoms with Crippen LogP contribution in [0.15, 0.2) is 285 Å². The van der Waals surface area contributed by atoms with E-state index in [1.165, 1.54) is 24.3 Å². The Kier molecular flexibility index (Phi) is 17.1. The summed E-state index contributed by atoms with van der Waals surface area (Å²) in [5.74, 6) is 2.33. The Labute approximate surface area is 610 Å². The third-order valence-electron chi connectivity index (χ3n) is 20.6. The van der Waals surface area contributed by atoms with Crippen molar-refractivity contribution in [2.24, 2.45) is 0 Å². The lowest BCUT2D eigenvalue weighted by atomic mass is 9.72. The van der Waals surface area contributed by atoms with Crippen LogP contribution in [-0.4, -0.2) is 39.0 Å². The van der Waals surface area contributed by atoms with Gasteiger partial charge in [0.15, 0.2) is 34.9 Å². The van der Waals surface area contributed by atoms with Crippen molar-refractivity contribution in [1.29, 1.82) is 0 Å². The molecule has 0 saturated heterocycles. The highest BCUT2D eigenvalue weighted by Crippen LogP contribution is 2.46. The molecule has 4 aromatic heterocycles. The molecule has 0 bridgehead atoms. The molecule has 0 aliphatic carbocycles. The fourth-order valence-electron chi connectivity index (χ4n) is 14.6. The molecule has 16 aromatic rings. The molecule has 0 spiro atoms. The van der Waals surface area contributed by atoms with E-state index in [2.05, 4.69) is 124 Å². The first-order valence-electron chi connectivity index (χ1n) is 35.4. The molecule has 0 atom stereocenters. The van der Waals surface area contributed by atoms with Crippen molar-refractivity contribution in [2.45, 2.75) is 89.9 Å². The molecule has 0 saturated carbocycles. The predicted molar refractivity (Wildman–Crippen MR) is 416 cm³/mol. The second kappa shape index (κ2) is 26.5. The summed E-state index contributed by atoms with van der Waals surface area (Å²) in [4.78, 5) is 30.1. The second-order valence-electron chi connectivity index (χ2n) is 29.6. The average Bonchev–Trinajstić information content (AvgIpc) is 1.55. The van der Waals surface area contributed by atoms with Crippen LogP contribution in [-0.2, 0) is 28.6 Å². The lowest BCUT2D eigenvalue weighted by molar-refractivity contribution is -0.138. The molecule has 0 aliphatic rings. The molecule has 106 heavy (non-hydrogen) atoms. The third-order valence-corrected chi connectivity index (χ3v) is 20.6. The van der Waals surface area contributed by atoms with Crippen LogP contribution in [0.25, 0.3) is 146 Å². The van der Waals surface area contributed by atoms with Crippen LogP contribution < -0.4 is 0 Å². The van der Waals surface area contributed by atoms with E-state index in [0.29, 0.717) is 68.3 Å². The summed E-state index contributed by atoms with van der Waals surface area (Å²) in [6.45, 7) is 15.7. The maximum atomic E-state index is 14.8. The van der Waals surface area contributed by atoms with E-state index < -0.39 is 23.5 Å². The zero-order valence-electron chi connectivity index (χ0n) is 59.4. The highest BCUT2D eigenvalue weighted by Gasteiger charge is 2.34. The third kappa shape index (κ3) is 13.1. The fourth-order valence-corrected chi connectivity index (χ4v) is 14.6. The lowest BCUT2D eigenvalue weighted by Crippen LogP contribution is -2.24. The monoisotopic (exact) mass is 1400 g/mol. The Hall–Kier alpha value is -12.2. The van der Waals surface area contributed by atoms with Crippen LogP contribution in [0.5, 0.6) is 0 Å². The van der Waals surface area contributed by atoms with Gasteiger partial charge in [-0.1, -0.05) is 243 Å². The van der Waals surface area contributed by atoms with Crippen LogP contribution in [0, 0.1) is 0 Å². The van der Waals surface area contributed by atoms with Gasteiger partial charge in [-0.05, 0) is 159 Å². The maximum Gasteiger partial charge on any atom is 0.416 e. The Morgan fingerprint density at radius 1 is 0.245 bits per heavy atom. The smallest absolute Gasteiger partial charge is 0.309 e. The van der Waals surface area contributed by atoms with Gasteiger partial charge >= 0.3 is 12.4 Å². The largest absolute Gasteiger partial charge is 0.416 e. The number of para-hydroxylation sites is 1. The summed E-state index contributed by atoms with van der Waals surface area (Å²) in [5.41, 5.74) is 12.0. The normalized spacial score (nSPS) is 12.5. The first-order valence-corrected chi connectivity index (χ1v) is 35.4. The predicted octanol–water partition coefficient (Wildman–Crippen LogP) is 25.0. The van der Waals surface area contributed by atoms with Gasteiger partial charge in [0.05, 0.1) is 33.2 Å². The van der Waals surface area contributed by atoms with E-state index in [9.17, 15) is 26.3 Å². The van der Waals surface area contributed by atoms with E-state index in [1.807, 2.05) is 170 Å². The van der Waals surface area contributed by atoms with E-state index in [0.717, 1.165) is 119 Å². The topological polar surface area (TPSA) is 87.2 Å². The number of fused-ring (bicyclic) bond motifs is 6. The first-order chi connectivity index (χ1) is 50.9. The number of rotatable bonds is 15. The Balaban J connectivity index is 0.778. The summed E-state index contributed by atoms with van der Waals surface area (Å²) in [6.07, 6.45) is -7.62. The minimum atomic E-state index is -4.61. The fraction of sp³-hybridized carbons (Fsp3) is 0.152. The van der Waals surface area contributed by atoms with Gasteiger partial charge in [0.1, 0.15) is 0 Å².